The summed E-state index contributed by atoms with van der Waals surface area (Å²) in [6.45, 7) is 1.34. The number of nitrogens with zero attached hydrogens (tertiary/aromatic N) is 2. The monoisotopic (exact) mass is 312 g/mol. The van der Waals surface area contributed by atoms with Crippen LogP contribution in [0.2, 0.25) is 0 Å². The summed E-state index contributed by atoms with van der Waals surface area (Å²) in [6, 6.07) is 5.01. The fourth-order valence-electron chi connectivity index (χ4n) is 2.51. The van der Waals surface area contributed by atoms with E-state index in [9.17, 15) is 17.6 Å². The predicted molar refractivity (Wildman–Crippen MR) is 74.5 cm³/mol. The Morgan fingerprint density at radius 2 is 1.81 bits per heavy atom. The molecule has 0 unspecified atom stereocenters. The molecule has 1 saturated carbocycles. The van der Waals surface area contributed by atoms with E-state index in [4.69, 9.17) is 0 Å². The van der Waals surface area contributed by atoms with Gasteiger partial charge in [-0.05, 0) is 31.0 Å². The molecule has 114 valence electrons. The molecule has 0 spiro atoms. The molecule has 1 heterocycles. The van der Waals surface area contributed by atoms with E-state index in [0.29, 0.717) is 13.1 Å². The summed E-state index contributed by atoms with van der Waals surface area (Å²) in [5.41, 5.74) is 0. The highest BCUT2D eigenvalue weighted by molar-refractivity contribution is 7.89. The van der Waals surface area contributed by atoms with Crippen LogP contribution in [0.5, 0.6) is 0 Å². The van der Waals surface area contributed by atoms with Crippen molar-refractivity contribution in [2.45, 2.75) is 17.7 Å². The molecule has 2 fully saturated rings. The van der Waals surface area contributed by atoms with Crippen LogP contribution >= 0.6 is 0 Å². The van der Waals surface area contributed by atoms with E-state index in [0.717, 1.165) is 18.9 Å². The number of piperazine rings is 1. The van der Waals surface area contributed by atoms with Crippen molar-refractivity contribution in [1.29, 1.82) is 0 Å². The van der Waals surface area contributed by atoms with Gasteiger partial charge in [0.1, 0.15) is 5.82 Å². The van der Waals surface area contributed by atoms with Gasteiger partial charge in [0.05, 0.1) is 4.90 Å². The van der Waals surface area contributed by atoms with Gasteiger partial charge < -0.3 is 4.90 Å². The first-order chi connectivity index (χ1) is 9.98. The lowest BCUT2D eigenvalue weighted by atomic mass is 10.3. The van der Waals surface area contributed by atoms with Gasteiger partial charge in [-0.25, -0.2) is 12.8 Å². The Balaban J connectivity index is 1.69. The van der Waals surface area contributed by atoms with Crippen LogP contribution in [0.4, 0.5) is 4.39 Å². The third-order valence-corrected chi connectivity index (χ3v) is 5.81. The fraction of sp³-hybridized carbons (Fsp3) is 0.500. The molecule has 0 atom stereocenters. The summed E-state index contributed by atoms with van der Waals surface area (Å²) in [5.74, 6) is -0.284. The first kappa shape index (κ1) is 14.5. The molecule has 1 aliphatic heterocycles. The normalized spacial score (nSPS) is 20.5. The molecular weight excluding hydrogens is 295 g/mol. The second kappa shape index (κ2) is 5.38. The van der Waals surface area contributed by atoms with Crippen molar-refractivity contribution in [2.75, 3.05) is 26.2 Å². The number of sulfonamides is 1. The van der Waals surface area contributed by atoms with Gasteiger partial charge in [-0.15, -0.1) is 0 Å². The van der Waals surface area contributed by atoms with Gasteiger partial charge in [-0.2, -0.15) is 4.31 Å². The van der Waals surface area contributed by atoms with Crippen LogP contribution in [0.3, 0.4) is 0 Å². The molecule has 1 aliphatic carbocycles. The molecule has 7 heteroatoms. The summed E-state index contributed by atoms with van der Waals surface area (Å²) in [5, 5.41) is 0. The zero-order chi connectivity index (χ0) is 15.0. The van der Waals surface area contributed by atoms with Gasteiger partial charge in [-0.3, -0.25) is 4.79 Å². The van der Waals surface area contributed by atoms with Crippen LogP contribution in [0, 0.1) is 11.7 Å². The third-order valence-electron chi connectivity index (χ3n) is 3.91. The highest BCUT2D eigenvalue weighted by Gasteiger charge is 2.36. The first-order valence-corrected chi connectivity index (χ1v) is 8.47. The number of amides is 1. The fourth-order valence-corrected chi connectivity index (χ4v) is 3.97. The number of carbonyl (C=O) groups excluding carboxylic acids is 1. The minimum atomic E-state index is -3.68. The minimum Gasteiger partial charge on any atom is -0.340 e. The Morgan fingerprint density at radius 3 is 2.38 bits per heavy atom. The Labute approximate surface area is 123 Å². The summed E-state index contributed by atoms with van der Waals surface area (Å²) < 4.78 is 39.3. The molecule has 3 rings (SSSR count). The lowest BCUT2D eigenvalue weighted by Gasteiger charge is -2.34. The summed E-state index contributed by atoms with van der Waals surface area (Å²) in [7, 11) is -3.68. The maximum Gasteiger partial charge on any atom is 0.243 e. The van der Waals surface area contributed by atoms with Crippen LogP contribution in [-0.4, -0.2) is 49.7 Å². The highest BCUT2D eigenvalue weighted by Crippen LogP contribution is 2.31. The molecule has 5 nitrogen and oxygen atoms in total. The molecule has 0 radical (unpaired) electrons. The number of carbonyl (C=O) groups is 1. The lowest BCUT2D eigenvalue weighted by Crippen LogP contribution is -2.50. The SMILES string of the molecule is O=C(C1CC1)N1CCN(S(=O)(=O)c2cccc(F)c2)CC1. The van der Waals surface area contributed by atoms with Crippen LogP contribution in [-0.2, 0) is 14.8 Å². The van der Waals surface area contributed by atoms with E-state index in [2.05, 4.69) is 0 Å². The van der Waals surface area contributed by atoms with Gasteiger partial charge in [0.25, 0.3) is 0 Å². The van der Waals surface area contributed by atoms with Crippen LogP contribution in [0.25, 0.3) is 0 Å². The van der Waals surface area contributed by atoms with Crippen molar-refractivity contribution in [2.24, 2.45) is 5.92 Å². The summed E-state index contributed by atoms with van der Waals surface area (Å²) >= 11 is 0. The topological polar surface area (TPSA) is 57.7 Å². The summed E-state index contributed by atoms with van der Waals surface area (Å²) in [4.78, 5) is 13.6. The molecule has 1 amide bonds. The van der Waals surface area contributed by atoms with E-state index < -0.39 is 15.8 Å². The third kappa shape index (κ3) is 2.94. The lowest BCUT2D eigenvalue weighted by molar-refractivity contribution is -0.133. The zero-order valence-corrected chi connectivity index (χ0v) is 12.4. The van der Waals surface area contributed by atoms with Crippen LogP contribution < -0.4 is 0 Å². The smallest absolute Gasteiger partial charge is 0.243 e. The Kier molecular flexibility index (Phi) is 3.71. The minimum absolute atomic E-state index is 0.0375. The molecule has 1 aromatic carbocycles. The van der Waals surface area contributed by atoms with Gasteiger partial charge in [0, 0.05) is 32.1 Å². The van der Waals surface area contributed by atoms with E-state index >= 15 is 0 Å². The average molecular weight is 312 g/mol. The quantitative estimate of drug-likeness (QED) is 0.839. The van der Waals surface area contributed by atoms with Gasteiger partial charge >= 0.3 is 0 Å². The summed E-state index contributed by atoms with van der Waals surface area (Å²) in [6.07, 6.45) is 1.89. The second-order valence-corrected chi connectivity index (χ2v) is 7.40. The highest BCUT2D eigenvalue weighted by atomic mass is 32.2. The molecule has 2 aliphatic rings. The van der Waals surface area contributed by atoms with Crippen LogP contribution in [0.1, 0.15) is 12.8 Å². The van der Waals surface area contributed by atoms with E-state index in [1.165, 1.54) is 22.5 Å². The number of rotatable bonds is 3. The maximum atomic E-state index is 13.2. The molecule has 0 bridgehead atoms. The van der Waals surface area contributed by atoms with Crippen molar-refractivity contribution in [3.63, 3.8) is 0 Å². The first-order valence-electron chi connectivity index (χ1n) is 7.03. The predicted octanol–water partition coefficient (Wildman–Crippen LogP) is 1.07. The average Bonchev–Trinajstić information content (AvgIpc) is 3.31. The maximum absolute atomic E-state index is 13.2. The molecule has 0 aromatic heterocycles. The van der Waals surface area contributed by atoms with Gasteiger partial charge in [-0.1, -0.05) is 6.07 Å². The van der Waals surface area contributed by atoms with E-state index in [-0.39, 0.29) is 29.8 Å². The number of benzene rings is 1. The number of hydrogen-bond donors (Lipinski definition) is 0. The van der Waals surface area contributed by atoms with Crippen LogP contribution in [0.15, 0.2) is 29.2 Å². The molecule has 0 N–H and O–H groups in total. The Hall–Kier alpha value is -1.47. The van der Waals surface area contributed by atoms with Crippen molar-refractivity contribution in [3.05, 3.63) is 30.1 Å². The van der Waals surface area contributed by atoms with E-state index in [1.807, 2.05) is 0 Å². The largest absolute Gasteiger partial charge is 0.340 e. The van der Waals surface area contributed by atoms with Crippen molar-refractivity contribution in [3.8, 4) is 0 Å². The standard InChI is InChI=1S/C14H17FN2O3S/c15-12-2-1-3-13(10-12)21(19,20)17-8-6-16(7-9-17)14(18)11-4-5-11/h1-3,10-11H,4-9H2. The number of halogens is 1. The Morgan fingerprint density at radius 1 is 1.14 bits per heavy atom. The second-order valence-electron chi connectivity index (χ2n) is 5.46. The zero-order valence-electron chi connectivity index (χ0n) is 11.5. The van der Waals surface area contributed by atoms with E-state index in [1.54, 1.807) is 4.90 Å². The van der Waals surface area contributed by atoms with Crippen molar-refractivity contribution < 1.29 is 17.6 Å². The molecular formula is C14H17FN2O3S. The molecule has 1 saturated heterocycles. The van der Waals surface area contributed by atoms with Crippen molar-refractivity contribution in [1.82, 2.24) is 9.21 Å². The Bertz CT molecular complexity index is 650. The van der Waals surface area contributed by atoms with Gasteiger partial charge in [0.2, 0.25) is 15.9 Å². The number of hydrogen-bond acceptors (Lipinski definition) is 3. The molecule has 21 heavy (non-hydrogen) atoms. The van der Waals surface area contributed by atoms with Gasteiger partial charge in [0.15, 0.2) is 0 Å². The van der Waals surface area contributed by atoms with Crippen molar-refractivity contribution >= 4 is 15.9 Å². The molecule has 1 aromatic rings.